The summed E-state index contributed by atoms with van der Waals surface area (Å²) >= 11 is 0. The lowest BCUT2D eigenvalue weighted by molar-refractivity contribution is 0.0239. The molecule has 1 aliphatic heterocycles. The van der Waals surface area contributed by atoms with Crippen molar-refractivity contribution in [3.05, 3.63) is 352 Å². The first-order valence-corrected chi connectivity index (χ1v) is 37.6. The molecule has 0 amide bonds. The fourth-order valence-corrected chi connectivity index (χ4v) is 23.0. The molecule has 13 rings (SSSR count). The van der Waals surface area contributed by atoms with Gasteiger partial charge in [-0.1, -0.05) is 182 Å². The largest absolute Gasteiger partial charge is 0.508 e. The Kier molecular flexibility index (Phi) is 22.7. The lowest BCUT2D eigenvalue weighted by Gasteiger charge is -2.46. The summed E-state index contributed by atoms with van der Waals surface area (Å²) in [5, 5.41) is 22.2. The van der Waals surface area contributed by atoms with Gasteiger partial charge in [0.15, 0.2) is 0 Å². The zero-order chi connectivity index (χ0) is 66.6. The van der Waals surface area contributed by atoms with Gasteiger partial charge in [-0.2, -0.15) is 0 Å². The zero-order valence-electron chi connectivity index (χ0n) is 51.6. The molecule has 0 spiro atoms. The van der Waals surface area contributed by atoms with Crippen molar-refractivity contribution in [3.63, 3.8) is 0 Å². The summed E-state index contributed by atoms with van der Waals surface area (Å²) in [6.45, 7) is 0. The van der Waals surface area contributed by atoms with Crippen LogP contribution < -0.4 is 55.9 Å². The van der Waals surface area contributed by atoms with E-state index in [4.69, 9.17) is 60.4 Å². The molecule has 0 bridgehead atoms. The number of aromatic hydroxyl groups is 2. The first-order chi connectivity index (χ1) is 48.3. The van der Waals surface area contributed by atoms with E-state index in [9.17, 15) is 10.2 Å². The summed E-state index contributed by atoms with van der Waals surface area (Å²) in [5.74, 6) is 2.92. The van der Waals surface area contributed by atoms with Crippen molar-refractivity contribution in [3.8, 4) is 80.5 Å². The Balaban J connectivity index is 1.25. The molecule has 0 fully saturated rings. The van der Waals surface area contributed by atoms with Gasteiger partial charge in [-0.05, 0) is 170 Å². The van der Waals surface area contributed by atoms with E-state index in [2.05, 4.69) is 0 Å². The van der Waals surface area contributed by atoms with Gasteiger partial charge in [-0.15, -0.1) is 4.52 Å². The highest BCUT2D eigenvalue weighted by molar-refractivity contribution is 7.79. The van der Waals surface area contributed by atoms with Crippen LogP contribution in [0.15, 0.2) is 356 Å². The monoisotopic (exact) mass is 1420 g/mol. The Hall–Kier alpha value is -9.98. The first kappa shape index (κ1) is 66.6. The van der Waals surface area contributed by atoms with Crippen molar-refractivity contribution in [1.82, 2.24) is 23.0 Å². The lowest BCUT2D eigenvalue weighted by Crippen LogP contribution is -2.41. The van der Waals surface area contributed by atoms with E-state index in [0.29, 0.717) is 28.7 Å². The van der Waals surface area contributed by atoms with Crippen LogP contribution in [-0.2, 0) is 0 Å². The molecule has 1 heterocycles. The molecule has 0 radical (unpaired) electrons. The number of hydrogen-bond donors (Lipinski definition) is 2. The maximum absolute atomic E-state index is 11.1. The van der Waals surface area contributed by atoms with E-state index in [1.165, 1.54) is 47.3 Å². The van der Waals surface area contributed by atoms with Gasteiger partial charge in [0.25, 0.3) is 0 Å². The molecule has 98 heavy (non-hydrogen) atoms. The standard InChI is InChI=1S/C72H60N6O14P6/c79-59-51-55-71(56-52-59)91-98(92-72-57-53-60(80)54-58-72)73-93(86-66-41-21-6-22-42-66)74(81-61-31-11-1-12-32-61)94(87-67-43-23-7-24-44-67)75(82-62-33-13-2-14-34-62)95(88-68-45-25-8-26-46-68)76(83-63-35-15-3-16-36-63)96(89-69-47-27-9-28-48-69)77(84-64-37-17-4-18-38-64)97(90-70-49-29-10-30-50-70)78(98)85-65-39-19-5-20-40-65/h1-58,79-80H. The zero-order valence-corrected chi connectivity index (χ0v) is 57.0. The average Bonchev–Trinajstić information content (AvgIpc) is 0.744. The van der Waals surface area contributed by atoms with E-state index < -0.39 is 49.9 Å². The van der Waals surface area contributed by atoms with Gasteiger partial charge in [0.05, 0.1) is 0 Å². The molecule has 20 nitrogen and oxygen atoms in total. The number of phenols is 2. The third-order valence-electron chi connectivity index (χ3n) is 13.1. The predicted molar refractivity (Wildman–Crippen MR) is 381 cm³/mol. The molecular weight excluding hydrogens is 1360 g/mol. The summed E-state index contributed by atoms with van der Waals surface area (Å²) in [5.41, 5.74) is 0. The van der Waals surface area contributed by atoms with Gasteiger partial charge in [0.1, 0.15) is 80.5 Å². The summed E-state index contributed by atoms with van der Waals surface area (Å²) in [4.78, 5) is 37.8. The van der Waals surface area contributed by atoms with Gasteiger partial charge < -0.3 is 66.1 Å². The second-order valence-corrected chi connectivity index (χ2v) is 31.0. The summed E-state index contributed by atoms with van der Waals surface area (Å²) < 4.78 is 66.9. The maximum atomic E-state index is 11.1. The topological polar surface area (TPSA) is 180 Å². The second kappa shape index (κ2) is 33.3. The van der Waals surface area contributed by atoms with Gasteiger partial charge in [0, 0.05) is 23.0 Å². The summed E-state index contributed by atoms with van der Waals surface area (Å²) in [6.07, 6.45) is 0. The van der Waals surface area contributed by atoms with Crippen LogP contribution in [0.25, 0.3) is 0 Å². The minimum Gasteiger partial charge on any atom is -0.508 e. The highest BCUT2D eigenvalue weighted by Crippen LogP contribution is 2.79. The highest BCUT2D eigenvalue weighted by atomic mass is 31.3. The van der Waals surface area contributed by atoms with E-state index in [0.717, 1.165) is 0 Å². The van der Waals surface area contributed by atoms with Crippen LogP contribution in [0.4, 0.5) is 0 Å². The van der Waals surface area contributed by atoms with E-state index >= 15 is 0 Å². The van der Waals surface area contributed by atoms with Crippen LogP contribution in [0, 0.1) is 0 Å². The Labute approximate surface area is 572 Å². The number of rotatable bonds is 24. The van der Waals surface area contributed by atoms with Crippen molar-refractivity contribution < 1.29 is 66.1 Å². The van der Waals surface area contributed by atoms with Crippen molar-refractivity contribution in [1.29, 1.82) is 0 Å². The third kappa shape index (κ3) is 17.8. The van der Waals surface area contributed by atoms with Gasteiger partial charge >= 0.3 is 49.9 Å². The average molecular weight is 1420 g/mol. The van der Waals surface area contributed by atoms with E-state index in [1.807, 2.05) is 170 Å². The minimum atomic E-state index is -5.02. The highest BCUT2D eigenvalue weighted by Gasteiger charge is 2.61. The smallest absolute Gasteiger partial charge is 0.447 e. The van der Waals surface area contributed by atoms with Crippen molar-refractivity contribution in [2.45, 2.75) is 0 Å². The molecule has 0 saturated carbocycles. The molecule has 0 aromatic heterocycles. The quantitative estimate of drug-likeness (QED) is 0.0545. The van der Waals surface area contributed by atoms with Crippen LogP contribution >= 0.6 is 49.9 Å². The molecule has 5 atom stereocenters. The van der Waals surface area contributed by atoms with Gasteiger partial charge in [-0.3, -0.25) is 0 Å². The van der Waals surface area contributed by atoms with Crippen molar-refractivity contribution >= 4 is 49.9 Å². The van der Waals surface area contributed by atoms with Gasteiger partial charge in [-0.25, -0.2) is 0 Å². The molecule has 12 aromatic carbocycles. The van der Waals surface area contributed by atoms with Crippen LogP contribution in [0.3, 0.4) is 0 Å². The van der Waals surface area contributed by atoms with Crippen molar-refractivity contribution in [2.75, 3.05) is 0 Å². The Morgan fingerprint density at radius 1 is 0.224 bits per heavy atom. The maximum Gasteiger partial charge on any atom is 0.447 e. The van der Waals surface area contributed by atoms with Crippen molar-refractivity contribution in [2.24, 2.45) is 4.52 Å². The first-order valence-electron chi connectivity index (χ1n) is 30.2. The molecule has 1 aliphatic rings. The Morgan fingerprint density at radius 2 is 0.449 bits per heavy atom. The van der Waals surface area contributed by atoms with Gasteiger partial charge in [0.2, 0.25) is 0 Å². The molecule has 5 unspecified atom stereocenters. The van der Waals surface area contributed by atoms with E-state index in [-0.39, 0.29) is 51.7 Å². The molecule has 12 aromatic rings. The minimum absolute atomic E-state index is 0.0787. The molecule has 492 valence electrons. The van der Waals surface area contributed by atoms with Crippen LogP contribution in [0.2, 0.25) is 0 Å². The molecule has 0 saturated heterocycles. The SMILES string of the molecule is Oc1ccc(OP2(Oc3ccc(O)cc3)=NP(Oc3ccccc3)N(Oc3ccccc3)P(Oc3ccccc3)N(Oc3ccccc3)P(Oc3ccccc3)N(Oc3ccccc3)P(Oc3ccccc3)N(Oc3ccccc3)P(Oc3ccccc3)N2Oc2ccccc2)cc1. The predicted octanol–water partition coefficient (Wildman–Crippen LogP) is 21.5. The molecule has 0 aliphatic carbocycles. The number of phenolic OH excluding ortho intramolecular Hbond substituents is 2. The summed E-state index contributed by atoms with van der Waals surface area (Å²) in [6, 6.07) is 103. The van der Waals surface area contributed by atoms with Crippen LogP contribution in [-0.4, -0.2) is 33.2 Å². The molecular formula is C72H60N6O14P6. The number of benzene rings is 12. The number of para-hydroxylation sites is 10. The third-order valence-corrected chi connectivity index (χ3v) is 26.1. The number of hydrogen-bond acceptors (Lipinski definition) is 20. The summed E-state index contributed by atoms with van der Waals surface area (Å²) in [7, 11) is -20.0. The lowest BCUT2D eigenvalue weighted by atomic mass is 10.3. The Morgan fingerprint density at radius 3 is 0.745 bits per heavy atom. The Bertz CT molecular complexity index is 4360. The molecule has 2 N–H and O–H groups in total. The fraction of sp³-hybridized carbons (Fsp3) is 0. The van der Waals surface area contributed by atoms with Crippen LogP contribution in [0.1, 0.15) is 0 Å². The van der Waals surface area contributed by atoms with E-state index in [1.54, 1.807) is 158 Å². The fourth-order valence-electron chi connectivity index (χ4n) is 8.65. The number of nitrogens with zero attached hydrogens (tertiary/aromatic N) is 6. The second-order valence-electron chi connectivity index (χ2n) is 20.3. The normalized spacial score (nSPS) is 17.7. The van der Waals surface area contributed by atoms with Crippen LogP contribution in [0.5, 0.6) is 80.5 Å². The molecule has 26 heteroatoms.